The monoisotopic (exact) mass is 339 g/mol. The second kappa shape index (κ2) is 8.53. The van der Waals surface area contributed by atoms with Crippen LogP contribution in [-0.2, 0) is 0 Å². The molecule has 0 saturated heterocycles. The van der Waals surface area contributed by atoms with Crippen LogP contribution in [0.2, 0.25) is 5.02 Å². The maximum atomic E-state index is 13.6. The van der Waals surface area contributed by atoms with E-state index in [1.807, 2.05) is 36.6 Å². The van der Waals surface area contributed by atoms with Crippen molar-refractivity contribution in [3.63, 3.8) is 0 Å². The van der Waals surface area contributed by atoms with Gasteiger partial charge in [-0.25, -0.2) is 4.39 Å². The summed E-state index contributed by atoms with van der Waals surface area (Å²) in [6.07, 6.45) is 2.04. The van der Waals surface area contributed by atoms with Gasteiger partial charge >= 0.3 is 0 Å². The highest BCUT2D eigenvalue weighted by atomic mass is 35.5. The zero-order valence-electron chi connectivity index (χ0n) is 12.3. The highest BCUT2D eigenvalue weighted by molar-refractivity contribution is 7.98. The normalized spacial score (nSPS) is 13.8. The van der Waals surface area contributed by atoms with E-state index >= 15 is 0 Å². The first-order chi connectivity index (χ1) is 10.7. The van der Waals surface area contributed by atoms with Gasteiger partial charge in [-0.3, -0.25) is 0 Å². The molecule has 2 N–H and O–H groups in total. The molecule has 2 atom stereocenters. The Hall–Kier alpha value is -1.07. The summed E-state index contributed by atoms with van der Waals surface area (Å²) in [5.41, 5.74) is 1.83. The van der Waals surface area contributed by atoms with Crippen LogP contribution in [0.15, 0.2) is 48.5 Å². The van der Waals surface area contributed by atoms with Crippen LogP contribution in [0.1, 0.15) is 23.2 Å². The summed E-state index contributed by atoms with van der Waals surface area (Å²) in [5.74, 6) is 0.386. The number of rotatable bonds is 7. The third kappa shape index (κ3) is 4.46. The highest BCUT2D eigenvalue weighted by Gasteiger charge is 2.18. The topological polar surface area (TPSA) is 32.3 Å². The molecule has 2 aromatic carbocycles. The van der Waals surface area contributed by atoms with Crippen molar-refractivity contribution >= 4 is 23.4 Å². The zero-order chi connectivity index (χ0) is 15.9. The van der Waals surface area contributed by atoms with Gasteiger partial charge in [-0.1, -0.05) is 48.0 Å². The minimum atomic E-state index is -0.472. The Labute approximate surface area is 139 Å². The number of aliphatic hydroxyl groups excluding tert-OH is 1. The Morgan fingerprint density at radius 2 is 1.86 bits per heavy atom. The Balaban J connectivity index is 2.20. The molecular formula is C17H19ClFNOS. The van der Waals surface area contributed by atoms with Gasteiger partial charge in [0.2, 0.25) is 0 Å². The lowest BCUT2D eigenvalue weighted by Crippen LogP contribution is -2.30. The molecule has 0 aromatic heterocycles. The quantitative estimate of drug-likeness (QED) is 0.792. The lowest BCUT2D eigenvalue weighted by molar-refractivity contribution is 0.236. The van der Waals surface area contributed by atoms with Crippen LogP contribution in [0.25, 0.3) is 0 Å². The van der Waals surface area contributed by atoms with E-state index in [-0.39, 0.29) is 23.7 Å². The van der Waals surface area contributed by atoms with E-state index in [0.29, 0.717) is 5.56 Å². The summed E-state index contributed by atoms with van der Waals surface area (Å²) in [7, 11) is 0. The Kier molecular flexibility index (Phi) is 6.70. The molecule has 22 heavy (non-hydrogen) atoms. The molecule has 0 spiro atoms. The van der Waals surface area contributed by atoms with Gasteiger partial charge in [0.15, 0.2) is 0 Å². The van der Waals surface area contributed by atoms with E-state index in [2.05, 4.69) is 5.32 Å². The second-order valence-electron chi connectivity index (χ2n) is 4.99. The van der Waals surface area contributed by atoms with Crippen molar-refractivity contribution in [2.75, 3.05) is 18.6 Å². The Morgan fingerprint density at radius 3 is 2.45 bits per heavy atom. The van der Waals surface area contributed by atoms with Crippen LogP contribution >= 0.6 is 23.4 Å². The standard InChI is InChI=1S/C17H19ClFNOS/c1-22-11-17(12-5-3-2-4-6-12)20-16(10-21)13-7-8-14(18)15(19)9-13/h2-9,16-17,20-21H,10-11H2,1H3. The van der Waals surface area contributed by atoms with Gasteiger partial charge in [0.05, 0.1) is 17.7 Å². The highest BCUT2D eigenvalue weighted by Crippen LogP contribution is 2.24. The average molecular weight is 340 g/mol. The zero-order valence-corrected chi connectivity index (χ0v) is 13.9. The third-order valence-electron chi connectivity index (χ3n) is 3.47. The van der Waals surface area contributed by atoms with Gasteiger partial charge in [-0.15, -0.1) is 0 Å². The van der Waals surface area contributed by atoms with Crippen molar-refractivity contribution in [2.45, 2.75) is 12.1 Å². The van der Waals surface area contributed by atoms with Crippen LogP contribution in [0.4, 0.5) is 4.39 Å². The minimum absolute atomic E-state index is 0.0760. The third-order valence-corrected chi connectivity index (χ3v) is 4.44. The molecule has 0 aliphatic heterocycles. The van der Waals surface area contributed by atoms with Crippen LogP contribution in [0.3, 0.4) is 0 Å². The SMILES string of the molecule is CSCC(NC(CO)c1ccc(Cl)c(F)c1)c1ccccc1. The summed E-state index contributed by atoms with van der Waals surface area (Å²) >= 11 is 7.44. The van der Waals surface area contributed by atoms with Crippen molar-refractivity contribution in [1.29, 1.82) is 0 Å². The fraction of sp³-hybridized carbons (Fsp3) is 0.294. The lowest BCUT2D eigenvalue weighted by atomic mass is 10.0. The molecule has 0 aliphatic rings. The van der Waals surface area contributed by atoms with Gasteiger partial charge in [0.25, 0.3) is 0 Å². The molecule has 2 nitrogen and oxygen atoms in total. The smallest absolute Gasteiger partial charge is 0.142 e. The molecule has 0 heterocycles. The summed E-state index contributed by atoms with van der Waals surface area (Å²) in [5, 5.41) is 13.2. The molecule has 0 radical (unpaired) electrons. The summed E-state index contributed by atoms with van der Waals surface area (Å²) in [4.78, 5) is 0. The molecule has 0 aliphatic carbocycles. The number of halogens is 2. The first kappa shape index (κ1) is 17.3. The van der Waals surface area contributed by atoms with Crippen LogP contribution < -0.4 is 5.32 Å². The van der Waals surface area contributed by atoms with Gasteiger partial charge in [-0.05, 0) is 29.5 Å². The van der Waals surface area contributed by atoms with Crippen molar-refractivity contribution in [3.05, 3.63) is 70.5 Å². The van der Waals surface area contributed by atoms with Crippen LogP contribution in [0.5, 0.6) is 0 Å². The molecule has 0 saturated carbocycles. The predicted molar refractivity (Wildman–Crippen MR) is 91.9 cm³/mol. The number of hydrogen-bond donors (Lipinski definition) is 2. The van der Waals surface area contributed by atoms with Crippen molar-refractivity contribution in [1.82, 2.24) is 5.32 Å². The van der Waals surface area contributed by atoms with E-state index in [1.54, 1.807) is 17.8 Å². The van der Waals surface area contributed by atoms with E-state index in [0.717, 1.165) is 11.3 Å². The van der Waals surface area contributed by atoms with E-state index in [1.165, 1.54) is 12.1 Å². The van der Waals surface area contributed by atoms with Gasteiger partial charge in [0.1, 0.15) is 5.82 Å². The fourth-order valence-electron chi connectivity index (χ4n) is 2.32. The molecule has 5 heteroatoms. The summed E-state index contributed by atoms with van der Waals surface area (Å²) in [6, 6.07) is 14.4. The summed E-state index contributed by atoms with van der Waals surface area (Å²) in [6.45, 7) is -0.112. The Morgan fingerprint density at radius 1 is 1.14 bits per heavy atom. The molecule has 2 unspecified atom stereocenters. The molecule has 2 aromatic rings. The molecular weight excluding hydrogens is 321 g/mol. The fourth-order valence-corrected chi connectivity index (χ4v) is 3.06. The van der Waals surface area contributed by atoms with Crippen molar-refractivity contribution in [3.8, 4) is 0 Å². The van der Waals surface area contributed by atoms with E-state index < -0.39 is 5.82 Å². The van der Waals surface area contributed by atoms with Crippen molar-refractivity contribution < 1.29 is 9.50 Å². The minimum Gasteiger partial charge on any atom is -0.394 e. The van der Waals surface area contributed by atoms with Gasteiger partial charge in [0, 0.05) is 11.8 Å². The summed E-state index contributed by atoms with van der Waals surface area (Å²) < 4.78 is 13.6. The number of aliphatic hydroxyl groups is 1. The Bertz CT molecular complexity index is 596. The van der Waals surface area contributed by atoms with E-state index in [9.17, 15) is 9.50 Å². The van der Waals surface area contributed by atoms with Crippen molar-refractivity contribution in [2.24, 2.45) is 0 Å². The molecule has 118 valence electrons. The maximum absolute atomic E-state index is 13.6. The maximum Gasteiger partial charge on any atom is 0.142 e. The van der Waals surface area contributed by atoms with E-state index in [4.69, 9.17) is 11.6 Å². The number of thioether (sulfide) groups is 1. The first-order valence-corrected chi connectivity index (χ1v) is 8.78. The van der Waals surface area contributed by atoms with Crippen LogP contribution in [-0.4, -0.2) is 23.7 Å². The number of hydrogen-bond acceptors (Lipinski definition) is 3. The number of nitrogens with one attached hydrogen (secondary N) is 1. The molecule has 0 amide bonds. The first-order valence-electron chi connectivity index (χ1n) is 7.01. The average Bonchev–Trinajstić information content (AvgIpc) is 2.55. The molecule has 0 fully saturated rings. The number of benzene rings is 2. The lowest BCUT2D eigenvalue weighted by Gasteiger charge is -2.25. The van der Waals surface area contributed by atoms with Gasteiger partial charge in [-0.2, -0.15) is 11.8 Å². The predicted octanol–water partition coefficient (Wildman–Crippen LogP) is 4.21. The largest absolute Gasteiger partial charge is 0.394 e. The molecule has 0 bridgehead atoms. The van der Waals surface area contributed by atoms with Gasteiger partial charge < -0.3 is 10.4 Å². The second-order valence-corrected chi connectivity index (χ2v) is 6.31. The molecule has 2 rings (SSSR count). The van der Waals surface area contributed by atoms with Crippen LogP contribution in [0, 0.1) is 5.82 Å².